The Morgan fingerprint density at radius 2 is 1.83 bits per heavy atom. The molecule has 2 aromatic heterocycles. The van der Waals surface area contributed by atoms with Gasteiger partial charge in [-0.1, -0.05) is 63.0 Å². The lowest BCUT2D eigenvalue weighted by atomic mass is 9.84. The molecule has 3 aromatic rings. The van der Waals surface area contributed by atoms with Crippen LogP contribution in [0.15, 0.2) is 65.0 Å². The molecule has 0 spiro atoms. The average molecular weight is 439 g/mol. The second-order valence-electron chi connectivity index (χ2n) is 7.87. The van der Waals surface area contributed by atoms with Crippen molar-refractivity contribution in [3.8, 4) is 5.75 Å². The van der Waals surface area contributed by atoms with Gasteiger partial charge in [0.25, 0.3) is 0 Å². The van der Waals surface area contributed by atoms with Crippen LogP contribution in [-0.2, 0) is 5.54 Å². The first kappa shape index (κ1) is 21.0. The van der Waals surface area contributed by atoms with E-state index in [-0.39, 0.29) is 5.54 Å². The molecule has 0 amide bonds. The summed E-state index contributed by atoms with van der Waals surface area (Å²) < 4.78 is 8.73. The van der Waals surface area contributed by atoms with E-state index in [1.54, 1.807) is 22.7 Å². The summed E-state index contributed by atoms with van der Waals surface area (Å²) in [5, 5.41) is 8.23. The van der Waals surface area contributed by atoms with E-state index in [0.29, 0.717) is 0 Å². The van der Waals surface area contributed by atoms with Gasteiger partial charge in [-0.2, -0.15) is 0 Å². The van der Waals surface area contributed by atoms with Crippen molar-refractivity contribution in [1.29, 1.82) is 0 Å². The SMILES string of the molecule is CCCCCCCOc1csc2c(C3(Nc4ccccc4)C=CC(N)=CC3)csc12. The molecular weight excluding hydrogens is 408 g/mol. The van der Waals surface area contributed by atoms with Gasteiger partial charge in [0, 0.05) is 22.3 Å². The Kier molecular flexibility index (Phi) is 6.80. The minimum absolute atomic E-state index is 0.301. The number of allylic oxidation sites excluding steroid dienone is 1. The highest BCUT2D eigenvalue weighted by Crippen LogP contribution is 2.46. The predicted molar refractivity (Wildman–Crippen MR) is 132 cm³/mol. The van der Waals surface area contributed by atoms with Crippen molar-refractivity contribution in [2.75, 3.05) is 11.9 Å². The quantitative estimate of drug-likeness (QED) is 0.324. The molecule has 0 radical (unpaired) electrons. The van der Waals surface area contributed by atoms with Gasteiger partial charge in [-0.15, -0.1) is 22.7 Å². The van der Waals surface area contributed by atoms with Crippen LogP contribution in [0.5, 0.6) is 5.75 Å². The summed E-state index contributed by atoms with van der Waals surface area (Å²) in [6.07, 6.45) is 13.4. The van der Waals surface area contributed by atoms with Crippen LogP contribution >= 0.6 is 22.7 Å². The number of anilines is 1. The molecule has 2 heterocycles. The number of rotatable bonds is 10. The molecule has 5 heteroatoms. The molecule has 1 aromatic carbocycles. The van der Waals surface area contributed by atoms with Crippen LogP contribution in [0.25, 0.3) is 9.40 Å². The molecule has 1 aliphatic rings. The molecule has 0 aliphatic heterocycles. The molecular formula is C25H30N2OS2. The second kappa shape index (κ2) is 9.71. The minimum Gasteiger partial charge on any atom is -0.491 e. The molecule has 0 saturated heterocycles. The van der Waals surface area contributed by atoms with E-state index >= 15 is 0 Å². The summed E-state index contributed by atoms with van der Waals surface area (Å²) in [4.78, 5) is 0. The van der Waals surface area contributed by atoms with E-state index in [0.717, 1.165) is 36.6 Å². The number of thiophene rings is 2. The molecule has 0 bridgehead atoms. The Morgan fingerprint density at radius 1 is 1.03 bits per heavy atom. The number of benzene rings is 1. The predicted octanol–water partition coefficient (Wildman–Crippen LogP) is 7.42. The molecule has 1 unspecified atom stereocenters. The van der Waals surface area contributed by atoms with Crippen LogP contribution in [0.3, 0.4) is 0 Å². The van der Waals surface area contributed by atoms with Crippen LogP contribution < -0.4 is 15.8 Å². The van der Waals surface area contributed by atoms with Crippen molar-refractivity contribution < 1.29 is 4.74 Å². The van der Waals surface area contributed by atoms with Crippen molar-refractivity contribution in [2.45, 2.75) is 51.0 Å². The van der Waals surface area contributed by atoms with Gasteiger partial charge in [-0.3, -0.25) is 0 Å². The maximum atomic E-state index is 6.16. The zero-order valence-corrected chi connectivity index (χ0v) is 19.2. The Morgan fingerprint density at radius 3 is 2.60 bits per heavy atom. The molecule has 4 rings (SSSR count). The summed E-state index contributed by atoms with van der Waals surface area (Å²) in [5.74, 6) is 1.03. The van der Waals surface area contributed by atoms with Gasteiger partial charge >= 0.3 is 0 Å². The first-order chi connectivity index (χ1) is 14.7. The molecule has 158 valence electrons. The lowest BCUT2D eigenvalue weighted by Gasteiger charge is -2.34. The molecule has 3 nitrogen and oxygen atoms in total. The summed E-state index contributed by atoms with van der Waals surface area (Å²) in [7, 11) is 0. The topological polar surface area (TPSA) is 47.3 Å². The summed E-state index contributed by atoms with van der Waals surface area (Å²) in [5.41, 5.74) is 8.98. The summed E-state index contributed by atoms with van der Waals surface area (Å²) in [6.45, 7) is 3.05. The van der Waals surface area contributed by atoms with Crippen LogP contribution in [0.1, 0.15) is 51.0 Å². The highest BCUT2D eigenvalue weighted by atomic mass is 32.1. The number of ether oxygens (including phenoxy) is 1. The second-order valence-corrected chi connectivity index (χ2v) is 9.63. The third kappa shape index (κ3) is 4.57. The number of hydrogen-bond acceptors (Lipinski definition) is 5. The standard InChI is InChI=1S/C25H30N2OS2/c1-2-3-4-5-9-16-28-22-18-30-23-21(17-29-24(22)23)25(14-12-19(26)13-15-25)27-20-10-7-6-8-11-20/h6-8,10-14,17-18,27H,2-5,9,15-16,26H2,1H3. The first-order valence-corrected chi connectivity index (χ1v) is 12.6. The van der Waals surface area contributed by atoms with E-state index in [2.05, 4.69) is 59.4 Å². The van der Waals surface area contributed by atoms with Crippen LogP contribution in [0, 0.1) is 0 Å². The zero-order valence-electron chi connectivity index (χ0n) is 17.5. The van der Waals surface area contributed by atoms with Crippen LogP contribution in [-0.4, -0.2) is 6.61 Å². The Hall–Kier alpha value is -2.24. The van der Waals surface area contributed by atoms with Gasteiger partial charge in [-0.25, -0.2) is 0 Å². The molecule has 1 aliphatic carbocycles. The summed E-state index contributed by atoms with van der Waals surface area (Å²) >= 11 is 3.56. The minimum atomic E-state index is -0.301. The number of para-hydroxylation sites is 1. The molecule has 0 fully saturated rings. The summed E-state index contributed by atoms with van der Waals surface area (Å²) in [6, 6.07) is 10.4. The first-order valence-electron chi connectivity index (χ1n) is 10.8. The maximum Gasteiger partial charge on any atom is 0.147 e. The van der Waals surface area contributed by atoms with Crippen molar-refractivity contribution >= 4 is 37.8 Å². The number of hydrogen-bond donors (Lipinski definition) is 2. The lowest BCUT2D eigenvalue weighted by Crippen LogP contribution is -2.34. The Balaban J connectivity index is 1.55. The highest BCUT2D eigenvalue weighted by molar-refractivity contribution is 7.27. The van der Waals surface area contributed by atoms with Crippen LogP contribution in [0.4, 0.5) is 5.69 Å². The van der Waals surface area contributed by atoms with E-state index in [1.807, 2.05) is 12.1 Å². The molecule has 1 atom stereocenters. The van der Waals surface area contributed by atoms with Crippen molar-refractivity contribution in [3.63, 3.8) is 0 Å². The number of nitrogens with one attached hydrogen (secondary N) is 1. The van der Waals surface area contributed by atoms with Crippen LogP contribution in [0.2, 0.25) is 0 Å². The van der Waals surface area contributed by atoms with Gasteiger partial charge in [-0.05, 0) is 36.4 Å². The van der Waals surface area contributed by atoms with Gasteiger partial charge in [0.05, 0.1) is 21.5 Å². The fourth-order valence-electron chi connectivity index (χ4n) is 3.89. The zero-order chi connectivity index (χ0) is 20.8. The highest BCUT2D eigenvalue weighted by Gasteiger charge is 2.34. The molecule has 30 heavy (non-hydrogen) atoms. The fourth-order valence-corrected chi connectivity index (χ4v) is 6.33. The normalized spacial score (nSPS) is 18.5. The molecule has 3 N–H and O–H groups in total. The largest absolute Gasteiger partial charge is 0.491 e. The third-order valence-corrected chi connectivity index (χ3v) is 7.72. The number of unbranched alkanes of at least 4 members (excludes halogenated alkanes) is 4. The Labute approximate surface area is 187 Å². The monoisotopic (exact) mass is 438 g/mol. The molecule has 0 saturated carbocycles. The lowest BCUT2D eigenvalue weighted by molar-refractivity contribution is 0.309. The third-order valence-electron chi connectivity index (χ3n) is 5.60. The van der Waals surface area contributed by atoms with E-state index in [1.165, 1.54) is 40.6 Å². The number of nitrogens with two attached hydrogens (primary N) is 1. The van der Waals surface area contributed by atoms with Gasteiger partial charge in [0.2, 0.25) is 0 Å². The van der Waals surface area contributed by atoms with E-state index in [4.69, 9.17) is 10.5 Å². The van der Waals surface area contributed by atoms with E-state index in [9.17, 15) is 0 Å². The van der Waals surface area contributed by atoms with E-state index < -0.39 is 0 Å². The van der Waals surface area contributed by atoms with Crippen molar-refractivity contribution in [3.05, 3.63) is 70.6 Å². The van der Waals surface area contributed by atoms with Gasteiger partial charge < -0.3 is 15.8 Å². The van der Waals surface area contributed by atoms with Crippen molar-refractivity contribution in [1.82, 2.24) is 0 Å². The Bertz CT molecular complexity index is 1020. The fraction of sp³-hybridized carbons (Fsp3) is 0.360. The average Bonchev–Trinajstić information content (AvgIpc) is 3.36. The maximum absolute atomic E-state index is 6.16. The smallest absolute Gasteiger partial charge is 0.147 e. The van der Waals surface area contributed by atoms with Crippen molar-refractivity contribution in [2.24, 2.45) is 5.73 Å². The van der Waals surface area contributed by atoms with Gasteiger partial charge in [0.1, 0.15) is 5.75 Å². The van der Waals surface area contributed by atoms with Gasteiger partial charge in [0.15, 0.2) is 0 Å². The number of fused-ring (bicyclic) bond motifs is 1.